The Morgan fingerprint density at radius 1 is 1.29 bits per heavy atom. The first-order chi connectivity index (χ1) is 6.92. The van der Waals surface area contributed by atoms with Crippen LogP contribution in [0.3, 0.4) is 0 Å². The minimum absolute atomic E-state index is 0.422. The van der Waals surface area contributed by atoms with Gasteiger partial charge < -0.3 is 4.74 Å². The van der Waals surface area contributed by atoms with Gasteiger partial charge in [-0.3, -0.25) is 4.79 Å². The largest absolute Gasteiger partial charge is 0.428 e. The predicted molar refractivity (Wildman–Crippen MR) is 60.8 cm³/mol. The fraction of sp³-hybridized carbons (Fsp3) is 0.300. The normalized spacial score (nSPS) is 16.9. The first kappa shape index (κ1) is 9.93. The monoisotopic (exact) mass is 226 g/mol. The van der Waals surface area contributed by atoms with Gasteiger partial charge in [0.2, 0.25) is 0 Å². The topological polar surface area (TPSA) is 26.3 Å². The van der Waals surface area contributed by atoms with E-state index in [9.17, 15) is 4.79 Å². The first-order valence-electron chi connectivity index (χ1n) is 4.34. The molecule has 0 N–H and O–H groups in total. The van der Waals surface area contributed by atoms with E-state index < -0.39 is 0 Å². The SMILES string of the molecule is O=COc1ccccc1C1SCCS1. The molecule has 0 bridgehead atoms. The quantitative estimate of drug-likeness (QED) is 0.740. The van der Waals surface area contributed by atoms with Crippen LogP contribution in [-0.4, -0.2) is 18.0 Å². The summed E-state index contributed by atoms with van der Waals surface area (Å²) >= 11 is 3.81. The Morgan fingerprint density at radius 2 is 2.00 bits per heavy atom. The van der Waals surface area contributed by atoms with E-state index in [0.717, 1.165) is 5.56 Å². The van der Waals surface area contributed by atoms with E-state index in [1.165, 1.54) is 11.5 Å². The molecule has 2 nitrogen and oxygen atoms in total. The van der Waals surface area contributed by atoms with Gasteiger partial charge in [0.15, 0.2) is 0 Å². The summed E-state index contributed by atoms with van der Waals surface area (Å²) in [6, 6.07) is 7.72. The van der Waals surface area contributed by atoms with Crippen LogP contribution in [0.2, 0.25) is 0 Å². The average molecular weight is 226 g/mol. The minimum atomic E-state index is 0.422. The molecule has 0 spiro atoms. The third-order valence-corrected chi connectivity index (χ3v) is 5.04. The number of rotatable bonds is 3. The van der Waals surface area contributed by atoms with Crippen molar-refractivity contribution in [2.75, 3.05) is 11.5 Å². The molecule has 1 aliphatic heterocycles. The summed E-state index contributed by atoms with van der Waals surface area (Å²) in [6.45, 7) is 0.489. The fourth-order valence-corrected chi connectivity index (χ4v) is 4.28. The van der Waals surface area contributed by atoms with Gasteiger partial charge in [0, 0.05) is 17.1 Å². The van der Waals surface area contributed by atoms with Crippen molar-refractivity contribution in [1.29, 1.82) is 0 Å². The highest BCUT2D eigenvalue weighted by molar-refractivity contribution is 8.19. The highest BCUT2D eigenvalue weighted by atomic mass is 32.2. The molecule has 1 aromatic rings. The second-order valence-electron chi connectivity index (χ2n) is 2.83. The minimum Gasteiger partial charge on any atom is -0.428 e. The summed E-state index contributed by atoms with van der Waals surface area (Å²) in [5.41, 5.74) is 1.12. The van der Waals surface area contributed by atoms with E-state index in [2.05, 4.69) is 0 Å². The summed E-state index contributed by atoms with van der Waals surface area (Å²) in [5, 5.41) is 0. The molecule has 1 heterocycles. The average Bonchev–Trinajstić information content (AvgIpc) is 2.72. The molecule has 0 radical (unpaired) electrons. The second-order valence-corrected chi connectivity index (χ2v) is 5.55. The zero-order chi connectivity index (χ0) is 9.80. The Kier molecular flexibility index (Phi) is 3.37. The number of thioether (sulfide) groups is 2. The third kappa shape index (κ3) is 2.07. The smallest absolute Gasteiger partial charge is 0.298 e. The van der Waals surface area contributed by atoms with Gasteiger partial charge >= 0.3 is 0 Å². The number of hydrogen-bond acceptors (Lipinski definition) is 4. The van der Waals surface area contributed by atoms with Crippen molar-refractivity contribution in [3.8, 4) is 5.75 Å². The maximum absolute atomic E-state index is 10.3. The summed E-state index contributed by atoms with van der Waals surface area (Å²) in [6.07, 6.45) is 0. The van der Waals surface area contributed by atoms with Crippen molar-refractivity contribution in [3.63, 3.8) is 0 Å². The lowest BCUT2D eigenvalue weighted by Gasteiger charge is -2.11. The Balaban J connectivity index is 2.25. The first-order valence-corrected chi connectivity index (χ1v) is 6.44. The van der Waals surface area contributed by atoms with Crippen LogP contribution in [0.1, 0.15) is 10.1 Å². The van der Waals surface area contributed by atoms with Gasteiger partial charge in [-0.05, 0) is 6.07 Å². The molecule has 0 aliphatic carbocycles. The maximum Gasteiger partial charge on any atom is 0.298 e. The van der Waals surface area contributed by atoms with Crippen molar-refractivity contribution >= 4 is 30.0 Å². The van der Waals surface area contributed by atoms with Crippen LogP contribution in [0, 0.1) is 0 Å². The van der Waals surface area contributed by atoms with Crippen molar-refractivity contribution in [2.24, 2.45) is 0 Å². The van der Waals surface area contributed by atoms with E-state index in [1.807, 2.05) is 47.8 Å². The number of carbonyl (C=O) groups excluding carboxylic acids is 1. The lowest BCUT2D eigenvalue weighted by Crippen LogP contribution is -1.94. The molecule has 1 aliphatic rings. The molecule has 4 heteroatoms. The zero-order valence-electron chi connectivity index (χ0n) is 7.51. The summed E-state index contributed by atoms with van der Waals surface area (Å²) in [5.74, 6) is 3.03. The molecular weight excluding hydrogens is 216 g/mol. The lowest BCUT2D eigenvalue weighted by molar-refractivity contribution is -0.120. The molecule has 0 atom stereocenters. The number of ether oxygens (including phenoxy) is 1. The molecule has 0 amide bonds. The van der Waals surface area contributed by atoms with Crippen LogP contribution in [0.25, 0.3) is 0 Å². The predicted octanol–water partition coefficient (Wildman–Crippen LogP) is 2.70. The summed E-state index contributed by atoms with van der Waals surface area (Å²) in [7, 11) is 0. The Labute approximate surface area is 91.4 Å². The summed E-state index contributed by atoms with van der Waals surface area (Å²) < 4.78 is 5.36. The highest BCUT2D eigenvalue weighted by Crippen LogP contribution is 2.47. The molecule has 1 aromatic carbocycles. The standard InChI is InChI=1S/C10H10O2S2/c11-7-12-9-4-2-1-3-8(9)10-13-5-6-14-10/h1-4,7,10H,5-6H2. The third-order valence-electron chi connectivity index (χ3n) is 1.97. The van der Waals surface area contributed by atoms with Gasteiger partial charge in [-0.25, -0.2) is 0 Å². The van der Waals surface area contributed by atoms with Gasteiger partial charge in [0.05, 0.1) is 4.58 Å². The van der Waals surface area contributed by atoms with Gasteiger partial charge in [-0.15, -0.1) is 23.5 Å². The van der Waals surface area contributed by atoms with Crippen LogP contribution in [0.5, 0.6) is 5.75 Å². The highest BCUT2D eigenvalue weighted by Gasteiger charge is 2.21. The van der Waals surface area contributed by atoms with Crippen LogP contribution < -0.4 is 4.74 Å². The number of benzene rings is 1. The number of carbonyl (C=O) groups is 1. The fourth-order valence-electron chi connectivity index (χ4n) is 1.37. The molecule has 1 saturated heterocycles. The van der Waals surface area contributed by atoms with Crippen molar-refractivity contribution in [2.45, 2.75) is 4.58 Å². The maximum atomic E-state index is 10.3. The molecule has 0 saturated carbocycles. The molecule has 1 fully saturated rings. The molecule has 0 aromatic heterocycles. The van der Waals surface area contributed by atoms with Gasteiger partial charge in [0.1, 0.15) is 5.75 Å². The van der Waals surface area contributed by atoms with Crippen molar-refractivity contribution < 1.29 is 9.53 Å². The number of para-hydroxylation sites is 1. The van der Waals surface area contributed by atoms with E-state index in [4.69, 9.17) is 4.74 Å². The lowest BCUT2D eigenvalue weighted by atomic mass is 10.2. The van der Waals surface area contributed by atoms with E-state index in [0.29, 0.717) is 16.8 Å². The zero-order valence-corrected chi connectivity index (χ0v) is 9.14. The second kappa shape index (κ2) is 4.75. The molecule has 2 rings (SSSR count). The Morgan fingerprint density at radius 3 is 2.71 bits per heavy atom. The van der Waals surface area contributed by atoms with Gasteiger partial charge in [0.25, 0.3) is 6.47 Å². The van der Waals surface area contributed by atoms with Crippen LogP contribution in [0.4, 0.5) is 0 Å². The van der Waals surface area contributed by atoms with Crippen molar-refractivity contribution in [3.05, 3.63) is 29.8 Å². The van der Waals surface area contributed by atoms with E-state index in [1.54, 1.807) is 0 Å². The Bertz CT molecular complexity index is 322. The number of hydrogen-bond donors (Lipinski definition) is 0. The van der Waals surface area contributed by atoms with Crippen molar-refractivity contribution in [1.82, 2.24) is 0 Å². The van der Waals surface area contributed by atoms with Crippen LogP contribution in [0.15, 0.2) is 24.3 Å². The molecule has 0 unspecified atom stereocenters. The van der Waals surface area contributed by atoms with Gasteiger partial charge in [-0.1, -0.05) is 18.2 Å². The molecular formula is C10H10O2S2. The van der Waals surface area contributed by atoms with E-state index >= 15 is 0 Å². The molecule has 14 heavy (non-hydrogen) atoms. The molecule has 74 valence electrons. The Hall–Kier alpha value is -0.610. The summed E-state index contributed by atoms with van der Waals surface area (Å²) in [4.78, 5) is 10.3. The van der Waals surface area contributed by atoms with E-state index in [-0.39, 0.29) is 0 Å². The van der Waals surface area contributed by atoms with Gasteiger partial charge in [-0.2, -0.15) is 0 Å². The van der Waals surface area contributed by atoms with Crippen LogP contribution >= 0.6 is 23.5 Å². The van der Waals surface area contributed by atoms with Crippen LogP contribution in [-0.2, 0) is 4.79 Å².